The van der Waals surface area contributed by atoms with Crippen LogP contribution in [0.5, 0.6) is 0 Å². The summed E-state index contributed by atoms with van der Waals surface area (Å²) in [6.07, 6.45) is -1.37. The first kappa shape index (κ1) is 17.1. The molecule has 0 saturated heterocycles. The van der Waals surface area contributed by atoms with Crippen molar-refractivity contribution in [2.45, 2.75) is 25.3 Å². The van der Waals surface area contributed by atoms with E-state index in [4.69, 9.17) is 0 Å². The third-order valence-corrected chi connectivity index (χ3v) is 4.37. The van der Waals surface area contributed by atoms with Crippen molar-refractivity contribution in [2.75, 3.05) is 0 Å². The fraction of sp³-hybridized carbons (Fsp3) is 0.353. The van der Waals surface area contributed by atoms with Crippen LogP contribution in [0.25, 0.3) is 11.2 Å². The van der Waals surface area contributed by atoms with E-state index in [-0.39, 0.29) is 24.1 Å². The topological polar surface area (TPSA) is 61.8 Å². The van der Waals surface area contributed by atoms with Crippen LogP contribution in [0.1, 0.15) is 17.9 Å². The molecule has 3 aromatic rings. The van der Waals surface area contributed by atoms with Gasteiger partial charge in [0, 0.05) is 33.0 Å². The number of nitrogens with zero attached hydrogens (tertiary/aromatic N) is 4. The lowest BCUT2D eigenvalue weighted by Gasteiger charge is -2.18. The molecule has 0 radical (unpaired) electrons. The molecule has 0 spiro atoms. The molecule has 0 aliphatic carbocycles. The average molecular weight is 348 g/mol. The minimum atomic E-state index is -2.47. The molecule has 0 amide bonds. The highest BCUT2D eigenvalue weighted by atomic mass is 19.3. The number of fused-ring (bicyclic) bond motifs is 1. The number of halogens is 2. The van der Waals surface area contributed by atoms with Crippen LogP contribution in [0, 0.1) is 0 Å². The lowest BCUT2D eigenvalue weighted by Crippen LogP contribution is -2.37. The zero-order valence-corrected chi connectivity index (χ0v) is 13.9. The summed E-state index contributed by atoms with van der Waals surface area (Å²) >= 11 is 0. The minimum absolute atomic E-state index is 0.179. The monoisotopic (exact) mass is 348 g/mol. The van der Waals surface area contributed by atoms with Gasteiger partial charge in [0.15, 0.2) is 11.2 Å². The first-order chi connectivity index (χ1) is 11.9. The van der Waals surface area contributed by atoms with Gasteiger partial charge in [-0.25, -0.2) is 18.6 Å². The van der Waals surface area contributed by atoms with E-state index in [9.17, 15) is 18.4 Å². The van der Waals surface area contributed by atoms with Crippen LogP contribution >= 0.6 is 0 Å². The zero-order valence-electron chi connectivity index (χ0n) is 13.9. The van der Waals surface area contributed by atoms with Gasteiger partial charge in [0.05, 0.1) is 6.33 Å². The van der Waals surface area contributed by atoms with Crippen LogP contribution in [0.3, 0.4) is 0 Å². The lowest BCUT2D eigenvalue weighted by atomic mass is 9.96. The van der Waals surface area contributed by atoms with Gasteiger partial charge < -0.3 is 4.57 Å². The molecule has 132 valence electrons. The quantitative estimate of drug-likeness (QED) is 0.707. The number of hydrogen-bond acceptors (Lipinski definition) is 3. The Labute approximate surface area is 142 Å². The van der Waals surface area contributed by atoms with E-state index in [0.29, 0.717) is 0 Å². The second-order valence-electron chi connectivity index (χ2n) is 6.01. The molecule has 0 fully saturated rings. The third kappa shape index (κ3) is 3.11. The Bertz CT molecular complexity index is 1010. The Morgan fingerprint density at radius 1 is 1.08 bits per heavy atom. The second kappa shape index (κ2) is 6.62. The molecule has 0 aliphatic rings. The van der Waals surface area contributed by atoms with Crippen molar-refractivity contribution in [3.63, 3.8) is 0 Å². The van der Waals surface area contributed by atoms with E-state index in [1.807, 2.05) is 6.07 Å². The van der Waals surface area contributed by atoms with Gasteiger partial charge in [-0.1, -0.05) is 30.3 Å². The van der Waals surface area contributed by atoms with Gasteiger partial charge in [0.2, 0.25) is 6.43 Å². The standard InChI is InChI=1S/C17H18F2N4O2/c1-21-15-14(16(24)22(2)17(21)25)23(10-20-15)9-12(8-13(18)19)11-6-4-3-5-7-11/h3-7,10,12-13H,8-9H2,1-2H3. The van der Waals surface area contributed by atoms with E-state index in [0.717, 1.165) is 10.1 Å². The van der Waals surface area contributed by atoms with E-state index in [1.165, 1.54) is 25.0 Å². The highest BCUT2D eigenvalue weighted by molar-refractivity contribution is 5.69. The first-order valence-electron chi connectivity index (χ1n) is 7.84. The van der Waals surface area contributed by atoms with Crippen LogP contribution in [0.4, 0.5) is 8.78 Å². The number of alkyl halides is 2. The number of imidazole rings is 1. The molecule has 2 heterocycles. The van der Waals surface area contributed by atoms with Gasteiger partial charge in [0.25, 0.3) is 5.56 Å². The number of hydrogen-bond donors (Lipinski definition) is 0. The Hall–Kier alpha value is -2.77. The molecule has 1 aromatic carbocycles. The van der Waals surface area contributed by atoms with Gasteiger partial charge in [-0.3, -0.25) is 13.9 Å². The van der Waals surface area contributed by atoms with Gasteiger partial charge >= 0.3 is 5.69 Å². The average Bonchev–Trinajstić information content (AvgIpc) is 3.01. The number of aryl methyl sites for hydroxylation is 1. The predicted molar refractivity (Wildman–Crippen MR) is 90.0 cm³/mol. The third-order valence-electron chi connectivity index (χ3n) is 4.37. The van der Waals surface area contributed by atoms with Crippen molar-refractivity contribution in [2.24, 2.45) is 14.1 Å². The van der Waals surface area contributed by atoms with Crippen molar-refractivity contribution in [3.05, 3.63) is 63.1 Å². The largest absolute Gasteiger partial charge is 0.332 e. The van der Waals surface area contributed by atoms with E-state index in [2.05, 4.69) is 4.98 Å². The van der Waals surface area contributed by atoms with Gasteiger partial charge in [-0.15, -0.1) is 0 Å². The maximum Gasteiger partial charge on any atom is 0.332 e. The van der Waals surface area contributed by atoms with Gasteiger partial charge in [-0.2, -0.15) is 0 Å². The molecule has 1 unspecified atom stereocenters. The predicted octanol–water partition coefficient (Wildman–Crippen LogP) is 1.87. The molecule has 25 heavy (non-hydrogen) atoms. The van der Waals surface area contributed by atoms with Crippen molar-refractivity contribution in [1.29, 1.82) is 0 Å². The Kier molecular flexibility index (Phi) is 4.52. The fourth-order valence-electron chi connectivity index (χ4n) is 3.03. The van der Waals surface area contributed by atoms with E-state index >= 15 is 0 Å². The first-order valence-corrected chi connectivity index (χ1v) is 7.84. The van der Waals surface area contributed by atoms with Crippen molar-refractivity contribution >= 4 is 11.2 Å². The van der Waals surface area contributed by atoms with E-state index in [1.54, 1.807) is 28.8 Å². The van der Waals surface area contributed by atoms with Gasteiger partial charge in [0.1, 0.15) is 0 Å². The molecule has 0 saturated carbocycles. The smallest absolute Gasteiger partial charge is 0.324 e. The summed E-state index contributed by atoms with van der Waals surface area (Å²) in [4.78, 5) is 28.6. The number of rotatable bonds is 5. The Morgan fingerprint density at radius 2 is 1.76 bits per heavy atom. The van der Waals surface area contributed by atoms with Crippen molar-refractivity contribution < 1.29 is 8.78 Å². The summed E-state index contributed by atoms with van der Waals surface area (Å²) in [6, 6.07) is 8.99. The summed E-state index contributed by atoms with van der Waals surface area (Å²) in [7, 11) is 2.91. The number of aromatic nitrogens is 4. The molecule has 0 N–H and O–H groups in total. The summed E-state index contributed by atoms with van der Waals surface area (Å²) in [5, 5.41) is 0. The second-order valence-corrected chi connectivity index (χ2v) is 6.01. The minimum Gasteiger partial charge on any atom is -0.324 e. The molecule has 0 bridgehead atoms. The maximum atomic E-state index is 13.0. The number of benzene rings is 1. The Morgan fingerprint density at radius 3 is 2.40 bits per heavy atom. The van der Waals surface area contributed by atoms with Crippen LogP contribution in [-0.2, 0) is 20.6 Å². The lowest BCUT2D eigenvalue weighted by molar-refractivity contribution is 0.125. The summed E-state index contributed by atoms with van der Waals surface area (Å²) in [5.74, 6) is -0.472. The highest BCUT2D eigenvalue weighted by Crippen LogP contribution is 2.26. The van der Waals surface area contributed by atoms with Crippen LogP contribution < -0.4 is 11.2 Å². The van der Waals surface area contributed by atoms with E-state index < -0.39 is 23.6 Å². The van der Waals surface area contributed by atoms with Crippen LogP contribution in [0.2, 0.25) is 0 Å². The molecular formula is C17H18F2N4O2. The molecule has 0 aliphatic heterocycles. The SMILES string of the molecule is Cn1c(=O)c2c(ncn2CC(CC(F)F)c2ccccc2)n(C)c1=O. The molecule has 3 rings (SSSR count). The van der Waals surface area contributed by atoms with Gasteiger partial charge in [-0.05, 0) is 5.56 Å². The fourth-order valence-corrected chi connectivity index (χ4v) is 3.03. The normalized spacial score (nSPS) is 12.8. The van der Waals surface area contributed by atoms with Crippen LogP contribution in [0.15, 0.2) is 46.2 Å². The zero-order chi connectivity index (χ0) is 18.1. The van der Waals surface area contributed by atoms with Crippen molar-refractivity contribution in [3.8, 4) is 0 Å². The summed E-state index contributed by atoms with van der Waals surface area (Å²) < 4.78 is 29.9. The molecule has 1 atom stereocenters. The Balaban J connectivity index is 2.09. The van der Waals surface area contributed by atoms with Crippen LogP contribution in [-0.4, -0.2) is 25.1 Å². The molecule has 8 heteroatoms. The molecular weight excluding hydrogens is 330 g/mol. The highest BCUT2D eigenvalue weighted by Gasteiger charge is 2.21. The summed E-state index contributed by atoms with van der Waals surface area (Å²) in [6.45, 7) is 0.179. The molecule has 6 nitrogen and oxygen atoms in total. The summed E-state index contributed by atoms with van der Waals surface area (Å²) in [5.41, 5.74) is 0.289. The maximum absolute atomic E-state index is 13.0. The van der Waals surface area contributed by atoms with Crippen molar-refractivity contribution in [1.82, 2.24) is 18.7 Å². The molecule has 2 aromatic heterocycles.